The van der Waals surface area contributed by atoms with E-state index in [-0.39, 0.29) is 27.6 Å². The molecule has 7 aliphatic rings. The summed E-state index contributed by atoms with van der Waals surface area (Å²) in [6.07, 6.45) is 33.2. The quantitative estimate of drug-likeness (QED) is 0.237. The summed E-state index contributed by atoms with van der Waals surface area (Å²) in [6, 6.07) is 13.3. The minimum absolute atomic E-state index is 0. The van der Waals surface area contributed by atoms with Crippen LogP contribution in [-0.2, 0) is 29.6 Å². The van der Waals surface area contributed by atoms with Crippen LogP contribution in [0.25, 0.3) is 0 Å². The summed E-state index contributed by atoms with van der Waals surface area (Å²) < 4.78 is 11.0. The maximum atomic E-state index is 12.2. The molecular weight excluding hydrogens is 687 g/mol. The van der Waals surface area contributed by atoms with Crippen LogP contribution in [0.1, 0.15) is 112 Å². The van der Waals surface area contributed by atoms with Gasteiger partial charge >= 0.3 is 16.8 Å². The van der Waals surface area contributed by atoms with Crippen LogP contribution in [0.2, 0.25) is 0 Å². The molecule has 0 bridgehead atoms. The summed E-state index contributed by atoms with van der Waals surface area (Å²) in [5, 5.41) is 24.3. The summed E-state index contributed by atoms with van der Waals surface area (Å²) in [5.41, 5.74) is 3.68. The molecule has 0 spiro atoms. The van der Waals surface area contributed by atoms with E-state index in [0.717, 1.165) is 75.7 Å². The fraction of sp³-hybridized carbons (Fsp3) is 0.553. The molecule has 0 heterocycles. The topological polar surface area (TPSA) is 58.9 Å². The molecule has 2 aromatic carbocycles. The second-order valence-corrected chi connectivity index (χ2v) is 17.3. The van der Waals surface area contributed by atoms with Crippen LogP contribution < -0.4 is 9.47 Å². The van der Waals surface area contributed by atoms with Gasteiger partial charge in [-0.15, -0.1) is 0 Å². The fourth-order valence-electron chi connectivity index (χ4n) is 12.6. The van der Waals surface area contributed by atoms with Crippen molar-refractivity contribution in [2.45, 2.75) is 114 Å². The van der Waals surface area contributed by atoms with Crippen LogP contribution in [-0.4, -0.2) is 35.6 Å². The van der Waals surface area contributed by atoms with Gasteiger partial charge in [0.25, 0.3) is 0 Å². The van der Waals surface area contributed by atoms with Gasteiger partial charge in [0.05, 0.1) is 14.2 Å². The summed E-state index contributed by atoms with van der Waals surface area (Å²) in [4.78, 5) is 0. The Morgan fingerprint density at radius 2 is 1.00 bits per heavy atom. The first kappa shape index (κ1) is 38.2. The van der Waals surface area contributed by atoms with Gasteiger partial charge in [-0.2, -0.15) is 0 Å². The van der Waals surface area contributed by atoms with Crippen molar-refractivity contribution in [3.05, 3.63) is 115 Å². The average molecular weight is 745 g/mol. The molecule has 7 aliphatic carbocycles. The molecule has 5 radical (unpaired) electrons. The Bertz CT molecular complexity index is 1520. The minimum atomic E-state index is -0.942. The second-order valence-electron chi connectivity index (χ2n) is 17.3. The van der Waals surface area contributed by atoms with E-state index in [1.165, 1.54) is 35.1 Å². The average Bonchev–Trinajstić information content (AvgIpc) is 3.88. The van der Waals surface area contributed by atoms with E-state index in [1.54, 1.807) is 14.2 Å². The molecule has 0 amide bonds. The van der Waals surface area contributed by atoms with Crippen molar-refractivity contribution in [1.82, 2.24) is 0 Å². The number of aryl methyl sites for hydroxylation is 2. The Morgan fingerprint density at radius 1 is 0.596 bits per heavy atom. The van der Waals surface area contributed by atoms with Crippen LogP contribution in [0.3, 0.4) is 0 Å². The molecule has 5 fully saturated rings. The molecule has 5 heteroatoms. The standard InChI is InChI=1S/C42H52O4.C5H5.Co/c1-39-21-15-33-31-13-9-29(45-3)25-27(31)7-11-35(33)37(39)17-23-41(39,43)19-5-6-20-42(44)24-18-38-36-12-8-28-26-30(46-4)10-14-32(28)34(36)16-22-40(38,42)2;1-2-4-5-3-1;/h5-6,9-10,13-14,25-26,33-38,43-44H,7-8,11-12,15-18,21-24H2,1-4H3;1-5H;/q-2;;+3/t33-,34-,35-,36-,37+,38+,39+,40+,41+,42+;;/m1../s1. The van der Waals surface area contributed by atoms with Gasteiger partial charge in [0.15, 0.2) is 0 Å². The summed E-state index contributed by atoms with van der Waals surface area (Å²) >= 11 is 0. The molecule has 0 saturated heterocycles. The molecular formula is C47H57CoO4+. The smallest absolute Gasteiger partial charge is 0.497 e. The number of methoxy groups -OCH3 is 2. The predicted octanol–water partition coefficient (Wildman–Crippen LogP) is 9.32. The second kappa shape index (κ2) is 14.9. The monoisotopic (exact) mass is 744 g/mol. The molecule has 2 N–H and O–H groups in total. The fourth-order valence-corrected chi connectivity index (χ4v) is 12.6. The van der Waals surface area contributed by atoms with E-state index < -0.39 is 11.2 Å². The van der Waals surface area contributed by atoms with Crippen molar-refractivity contribution in [3.63, 3.8) is 0 Å². The normalized spacial score (nSPS) is 40.0. The number of aliphatic hydroxyl groups is 2. The van der Waals surface area contributed by atoms with Gasteiger partial charge < -0.3 is 44.0 Å². The zero-order chi connectivity index (χ0) is 35.4. The van der Waals surface area contributed by atoms with Gasteiger partial charge in [-0.3, -0.25) is 0 Å². The Balaban J connectivity index is 0.000000648. The van der Waals surface area contributed by atoms with E-state index in [1.807, 2.05) is 44.3 Å². The number of rotatable bonds is 5. The molecule has 2 aromatic rings. The Labute approximate surface area is 324 Å². The Kier molecular flexibility index (Phi) is 10.9. The van der Waals surface area contributed by atoms with E-state index in [4.69, 9.17) is 9.47 Å². The van der Waals surface area contributed by atoms with Crippen molar-refractivity contribution in [2.24, 2.45) is 34.5 Å². The number of hydrogen-bond acceptors (Lipinski definition) is 4. The van der Waals surface area contributed by atoms with Gasteiger partial charge in [-0.1, -0.05) is 26.0 Å². The van der Waals surface area contributed by atoms with Crippen LogP contribution in [0, 0.1) is 78.8 Å². The molecule has 5 saturated carbocycles. The number of hydrogen-bond donors (Lipinski definition) is 2. The van der Waals surface area contributed by atoms with Gasteiger partial charge in [-0.05, 0) is 202 Å². The first-order valence-electron chi connectivity index (χ1n) is 19.8. The molecule has 277 valence electrons. The van der Waals surface area contributed by atoms with Crippen LogP contribution >= 0.6 is 0 Å². The van der Waals surface area contributed by atoms with Crippen molar-refractivity contribution in [3.8, 4) is 11.5 Å². The molecule has 10 atom stereocenters. The number of fused-ring (bicyclic) bond motifs is 10. The Morgan fingerprint density at radius 3 is 1.38 bits per heavy atom. The molecule has 0 aromatic heterocycles. The van der Waals surface area contributed by atoms with Crippen molar-refractivity contribution in [2.75, 3.05) is 14.2 Å². The third-order valence-electron chi connectivity index (χ3n) is 15.5. The van der Waals surface area contributed by atoms with Crippen molar-refractivity contribution < 1.29 is 36.5 Å². The zero-order valence-electron chi connectivity index (χ0n) is 31.5. The third kappa shape index (κ3) is 6.26. The summed E-state index contributed by atoms with van der Waals surface area (Å²) in [6.45, 7) is 4.65. The van der Waals surface area contributed by atoms with Gasteiger partial charge in [-0.25, -0.2) is 0 Å². The molecule has 9 rings (SSSR count). The zero-order valence-corrected chi connectivity index (χ0v) is 32.5. The maximum absolute atomic E-state index is 12.2. The SMILES string of the molecule is COc1ccc2c(c1)CC[C@@H]1[C@@H]2CC[C@@]2(C)[C@H]1CC[C@@]2(O)[C-]=CC=[C-][C@]1(O)CC[C@H]2[C@@H]3CCc4cc(OC)ccc4[C@H]3CC[C@@]21C.[CH]1[CH][CH][CH][CH]1.[Co+3]. The first-order chi connectivity index (χ1) is 24.6. The van der Waals surface area contributed by atoms with Crippen LogP contribution in [0.4, 0.5) is 0 Å². The van der Waals surface area contributed by atoms with E-state index in [2.05, 4.69) is 62.4 Å². The number of allylic oxidation sites excluding steroid dienone is 2. The predicted molar refractivity (Wildman–Crippen MR) is 202 cm³/mol. The summed E-state index contributed by atoms with van der Waals surface area (Å²) in [5.74, 6) is 5.28. The largest absolute Gasteiger partial charge is 3.00 e. The van der Waals surface area contributed by atoms with Crippen molar-refractivity contribution >= 4 is 0 Å². The number of ether oxygens (including phenoxy) is 2. The van der Waals surface area contributed by atoms with Gasteiger partial charge in [0, 0.05) is 11.2 Å². The molecule has 52 heavy (non-hydrogen) atoms. The van der Waals surface area contributed by atoms with Crippen LogP contribution in [0.5, 0.6) is 11.5 Å². The Hall–Kier alpha value is -2.05. The first-order valence-corrected chi connectivity index (χ1v) is 19.8. The van der Waals surface area contributed by atoms with E-state index in [0.29, 0.717) is 35.5 Å². The van der Waals surface area contributed by atoms with Crippen molar-refractivity contribution in [1.29, 1.82) is 0 Å². The van der Waals surface area contributed by atoms with E-state index >= 15 is 0 Å². The van der Waals surface area contributed by atoms with E-state index in [9.17, 15) is 10.2 Å². The van der Waals surface area contributed by atoms with Gasteiger partial charge in [0.1, 0.15) is 11.5 Å². The molecule has 0 unspecified atom stereocenters. The third-order valence-corrected chi connectivity index (χ3v) is 15.5. The number of benzene rings is 2. The summed E-state index contributed by atoms with van der Waals surface area (Å²) in [7, 11) is 3.50. The molecule has 0 aliphatic heterocycles. The molecule has 4 nitrogen and oxygen atoms in total. The maximum Gasteiger partial charge on any atom is 3.00 e. The van der Waals surface area contributed by atoms with Crippen LogP contribution in [0.15, 0.2) is 48.6 Å². The van der Waals surface area contributed by atoms with Gasteiger partial charge in [0.2, 0.25) is 0 Å². The minimum Gasteiger partial charge on any atom is -0.497 e.